The van der Waals surface area contributed by atoms with Crippen molar-refractivity contribution in [3.63, 3.8) is 0 Å². The van der Waals surface area contributed by atoms with E-state index >= 15 is 0 Å². The van der Waals surface area contributed by atoms with Crippen molar-refractivity contribution in [2.45, 2.75) is 12.5 Å². The zero-order valence-electron chi connectivity index (χ0n) is 10.8. The van der Waals surface area contributed by atoms with Gasteiger partial charge in [-0.05, 0) is 18.7 Å². The van der Waals surface area contributed by atoms with E-state index in [-0.39, 0.29) is 11.9 Å². The Morgan fingerprint density at radius 1 is 1.50 bits per heavy atom. The van der Waals surface area contributed by atoms with E-state index in [9.17, 15) is 4.79 Å². The maximum Gasteiger partial charge on any atom is 0.221 e. The molecule has 0 fully saturated rings. The molecule has 5 heteroatoms. The van der Waals surface area contributed by atoms with E-state index in [2.05, 4.69) is 10.2 Å². The fourth-order valence-electron chi connectivity index (χ4n) is 1.85. The Morgan fingerprint density at radius 3 is 2.72 bits per heavy atom. The van der Waals surface area contributed by atoms with E-state index in [0.717, 1.165) is 5.56 Å². The van der Waals surface area contributed by atoms with Gasteiger partial charge in [0, 0.05) is 37.6 Å². The average molecular weight is 270 g/mol. The Bertz CT molecular complexity index is 398. The van der Waals surface area contributed by atoms with E-state index in [1.807, 2.05) is 31.3 Å². The summed E-state index contributed by atoms with van der Waals surface area (Å²) in [5, 5.41) is 3.31. The zero-order valence-corrected chi connectivity index (χ0v) is 11.6. The number of nitrogens with one attached hydrogen (secondary N) is 1. The number of likely N-dealkylation sites (N-methyl/N-ethyl adjacent to an activating group) is 1. The van der Waals surface area contributed by atoms with Gasteiger partial charge < -0.3 is 11.1 Å². The summed E-state index contributed by atoms with van der Waals surface area (Å²) in [6.45, 7) is 1.11. The molecule has 1 unspecified atom stereocenters. The molecular weight excluding hydrogens is 250 g/mol. The van der Waals surface area contributed by atoms with Gasteiger partial charge >= 0.3 is 0 Å². The molecule has 0 spiro atoms. The molecule has 1 atom stereocenters. The van der Waals surface area contributed by atoms with E-state index in [1.165, 1.54) is 0 Å². The topological polar surface area (TPSA) is 58.4 Å². The molecule has 0 aromatic heterocycles. The van der Waals surface area contributed by atoms with Crippen molar-refractivity contribution in [2.75, 3.05) is 27.2 Å². The summed E-state index contributed by atoms with van der Waals surface area (Å²) in [7, 11) is 3.58. The van der Waals surface area contributed by atoms with E-state index in [0.29, 0.717) is 24.5 Å². The highest BCUT2D eigenvalue weighted by atomic mass is 35.5. The second-order valence-electron chi connectivity index (χ2n) is 4.18. The summed E-state index contributed by atoms with van der Waals surface area (Å²) in [6.07, 6.45) is 0.452. The number of hydrogen-bond acceptors (Lipinski definition) is 3. The van der Waals surface area contributed by atoms with Crippen molar-refractivity contribution >= 4 is 17.5 Å². The number of hydrogen-bond donors (Lipinski definition) is 2. The van der Waals surface area contributed by atoms with E-state index in [1.54, 1.807) is 7.05 Å². The summed E-state index contributed by atoms with van der Waals surface area (Å²) in [6, 6.07) is 7.69. The van der Waals surface area contributed by atoms with Crippen molar-refractivity contribution in [3.8, 4) is 0 Å². The molecule has 0 heterocycles. The molecule has 18 heavy (non-hydrogen) atoms. The van der Waals surface area contributed by atoms with Gasteiger partial charge in [0.2, 0.25) is 5.91 Å². The van der Waals surface area contributed by atoms with Gasteiger partial charge in [0.25, 0.3) is 0 Å². The summed E-state index contributed by atoms with van der Waals surface area (Å²) in [4.78, 5) is 13.3. The Balaban J connectivity index is 2.71. The highest BCUT2D eigenvalue weighted by Crippen LogP contribution is 2.25. The van der Waals surface area contributed by atoms with Crippen LogP contribution >= 0.6 is 11.6 Å². The third kappa shape index (κ3) is 3.98. The molecular formula is C13H20ClN3O. The van der Waals surface area contributed by atoms with Crippen LogP contribution in [-0.2, 0) is 4.79 Å². The number of amides is 1. The van der Waals surface area contributed by atoms with Crippen LogP contribution in [0.5, 0.6) is 0 Å². The molecule has 1 amide bonds. The Morgan fingerprint density at radius 2 is 2.17 bits per heavy atom. The predicted molar refractivity (Wildman–Crippen MR) is 74.6 cm³/mol. The molecule has 0 aliphatic rings. The van der Waals surface area contributed by atoms with E-state index in [4.69, 9.17) is 17.3 Å². The molecule has 4 nitrogen and oxygen atoms in total. The fraction of sp³-hybridized carbons (Fsp3) is 0.462. The van der Waals surface area contributed by atoms with Crippen LogP contribution in [0, 0.1) is 0 Å². The largest absolute Gasteiger partial charge is 0.359 e. The molecule has 1 rings (SSSR count). The van der Waals surface area contributed by atoms with Crippen molar-refractivity contribution in [1.29, 1.82) is 0 Å². The molecule has 100 valence electrons. The molecule has 0 radical (unpaired) electrons. The van der Waals surface area contributed by atoms with Crippen LogP contribution in [0.15, 0.2) is 24.3 Å². The van der Waals surface area contributed by atoms with Crippen LogP contribution < -0.4 is 11.1 Å². The molecule has 0 saturated heterocycles. The number of nitrogens with two attached hydrogens (primary N) is 1. The fourth-order valence-corrected chi connectivity index (χ4v) is 2.11. The summed E-state index contributed by atoms with van der Waals surface area (Å²) < 4.78 is 0. The summed E-state index contributed by atoms with van der Waals surface area (Å²) >= 11 is 6.17. The predicted octanol–water partition coefficient (Wildman–Crippen LogP) is 1.41. The third-order valence-electron chi connectivity index (χ3n) is 2.99. The first kappa shape index (κ1) is 15.0. The van der Waals surface area contributed by atoms with Gasteiger partial charge in [-0.1, -0.05) is 29.8 Å². The van der Waals surface area contributed by atoms with Crippen LogP contribution in [-0.4, -0.2) is 38.0 Å². The lowest BCUT2D eigenvalue weighted by molar-refractivity contribution is -0.120. The van der Waals surface area contributed by atoms with Crippen LogP contribution in [0.2, 0.25) is 5.02 Å². The number of nitrogens with zero attached hydrogens (tertiary/aromatic N) is 1. The smallest absolute Gasteiger partial charge is 0.221 e. The lowest BCUT2D eigenvalue weighted by Gasteiger charge is -2.27. The Kier molecular flexibility index (Phi) is 6.12. The first-order chi connectivity index (χ1) is 8.60. The molecule has 3 N–H and O–H groups in total. The van der Waals surface area contributed by atoms with Crippen molar-refractivity contribution < 1.29 is 4.79 Å². The van der Waals surface area contributed by atoms with Gasteiger partial charge in [0.1, 0.15) is 0 Å². The standard InChI is InChI=1S/C13H20ClN3O/c1-16-13(18)7-8-17(2)12(9-15)10-5-3-4-6-11(10)14/h3-6,12H,7-9,15H2,1-2H3,(H,16,18). The normalized spacial score (nSPS) is 12.5. The Labute approximate surface area is 113 Å². The highest BCUT2D eigenvalue weighted by Gasteiger charge is 2.18. The third-order valence-corrected chi connectivity index (χ3v) is 3.33. The Hall–Kier alpha value is -1.10. The van der Waals surface area contributed by atoms with Gasteiger partial charge in [0.15, 0.2) is 0 Å². The summed E-state index contributed by atoms with van der Waals surface area (Å²) in [5.74, 6) is 0.0248. The van der Waals surface area contributed by atoms with Gasteiger partial charge in [-0.25, -0.2) is 0 Å². The molecule has 0 aliphatic heterocycles. The lowest BCUT2D eigenvalue weighted by atomic mass is 10.1. The van der Waals surface area contributed by atoms with Gasteiger partial charge in [-0.3, -0.25) is 9.69 Å². The maximum atomic E-state index is 11.2. The summed E-state index contributed by atoms with van der Waals surface area (Å²) in [5.41, 5.74) is 6.81. The molecule has 1 aromatic rings. The monoisotopic (exact) mass is 269 g/mol. The van der Waals surface area contributed by atoms with Crippen LogP contribution in [0.25, 0.3) is 0 Å². The van der Waals surface area contributed by atoms with Crippen LogP contribution in [0.3, 0.4) is 0 Å². The van der Waals surface area contributed by atoms with Crippen molar-refractivity contribution in [2.24, 2.45) is 5.73 Å². The number of benzene rings is 1. The molecule has 0 aliphatic carbocycles. The first-order valence-electron chi connectivity index (χ1n) is 5.95. The molecule has 0 saturated carbocycles. The van der Waals surface area contributed by atoms with Gasteiger partial charge in [-0.15, -0.1) is 0 Å². The second kappa shape index (κ2) is 7.36. The SMILES string of the molecule is CNC(=O)CCN(C)C(CN)c1ccccc1Cl. The number of rotatable bonds is 6. The highest BCUT2D eigenvalue weighted by molar-refractivity contribution is 6.31. The van der Waals surface area contributed by atoms with E-state index < -0.39 is 0 Å². The minimum Gasteiger partial charge on any atom is -0.359 e. The first-order valence-corrected chi connectivity index (χ1v) is 6.33. The lowest BCUT2D eigenvalue weighted by Crippen LogP contribution is -2.33. The number of carbonyl (C=O) groups excluding carboxylic acids is 1. The van der Waals surface area contributed by atoms with Crippen molar-refractivity contribution in [1.82, 2.24) is 10.2 Å². The maximum absolute atomic E-state index is 11.2. The average Bonchev–Trinajstić information content (AvgIpc) is 2.39. The van der Waals surface area contributed by atoms with Crippen LogP contribution in [0.1, 0.15) is 18.0 Å². The minimum atomic E-state index is 0.0248. The minimum absolute atomic E-state index is 0.0248. The molecule has 0 bridgehead atoms. The van der Waals surface area contributed by atoms with Crippen molar-refractivity contribution in [3.05, 3.63) is 34.9 Å². The number of halogens is 1. The van der Waals surface area contributed by atoms with Crippen LogP contribution in [0.4, 0.5) is 0 Å². The quantitative estimate of drug-likeness (QED) is 0.821. The molecule has 1 aromatic carbocycles. The second-order valence-corrected chi connectivity index (χ2v) is 4.58. The number of carbonyl (C=O) groups is 1. The zero-order chi connectivity index (χ0) is 13.5. The van der Waals surface area contributed by atoms with Gasteiger partial charge in [0.05, 0.1) is 0 Å². The van der Waals surface area contributed by atoms with Gasteiger partial charge in [-0.2, -0.15) is 0 Å².